The number of hydrogen-bond acceptors (Lipinski definition) is 1. The SMILES string of the molecule is CC(O)Cc1cc(F)cc(F)c1Br. The van der Waals surface area contributed by atoms with Crippen LogP contribution >= 0.6 is 15.9 Å². The Morgan fingerprint density at radius 1 is 1.46 bits per heavy atom. The van der Waals surface area contributed by atoms with E-state index in [9.17, 15) is 8.78 Å². The van der Waals surface area contributed by atoms with Crippen molar-refractivity contribution >= 4 is 15.9 Å². The zero-order valence-electron chi connectivity index (χ0n) is 7.02. The molecule has 0 aliphatic rings. The molecule has 1 aromatic carbocycles. The normalized spacial score (nSPS) is 13.0. The van der Waals surface area contributed by atoms with Crippen LogP contribution in [0, 0.1) is 11.6 Å². The summed E-state index contributed by atoms with van der Waals surface area (Å²) >= 11 is 2.99. The maximum Gasteiger partial charge on any atom is 0.140 e. The predicted octanol–water partition coefficient (Wildman–Crippen LogP) is 2.65. The van der Waals surface area contributed by atoms with Crippen molar-refractivity contribution < 1.29 is 13.9 Å². The molecule has 0 aliphatic heterocycles. The van der Waals surface area contributed by atoms with Crippen LogP contribution in [0.5, 0.6) is 0 Å². The van der Waals surface area contributed by atoms with Gasteiger partial charge in [-0.2, -0.15) is 0 Å². The number of benzene rings is 1. The molecule has 0 saturated heterocycles. The van der Waals surface area contributed by atoms with Gasteiger partial charge in [0.2, 0.25) is 0 Å². The average Bonchev–Trinajstić information content (AvgIpc) is 1.98. The van der Waals surface area contributed by atoms with Gasteiger partial charge in [-0.05, 0) is 40.9 Å². The summed E-state index contributed by atoms with van der Waals surface area (Å²) in [5.41, 5.74) is 0.438. The second kappa shape index (κ2) is 4.15. The smallest absolute Gasteiger partial charge is 0.140 e. The summed E-state index contributed by atoms with van der Waals surface area (Å²) < 4.78 is 25.9. The van der Waals surface area contributed by atoms with Gasteiger partial charge in [-0.15, -0.1) is 0 Å². The Hall–Kier alpha value is -0.480. The van der Waals surface area contributed by atoms with Crippen molar-refractivity contribution in [2.75, 3.05) is 0 Å². The first kappa shape index (κ1) is 10.6. The highest BCUT2D eigenvalue weighted by Crippen LogP contribution is 2.23. The molecule has 0 amide bonds. The summed E-state index contributed by atoms with van der Waals surface area (Å²) in [7, 11) is 0. The molecule has 0 radical (unpaired) electrons. The lowest BCUT2D eigenvalue weighted by Gasteiger charge is -2.07. The second-order valence-corrected chi connectivity index (χ2v) is 3.71. The Kier molecular flexibility index (Phi) is 3.39. The van der Waals surface area contributed by atoms with Gasteiger partial charge in [0, 0.05) is 6.07 Å². The summed E-state index contributed by atoms with van der Waals surface area (Å²) in [5, 5.41) is 9.05. The van der Waals surface area contributed by atoms with Crippen molar-refractivity contribution in [2.24, 2.45) is 0 Å². The number of aliphatic hydroxyl groups excluding tert-OH is 1. The highest BCUT2D eigenvalue weighted by molar-refractivity contribution is 9.10. The van der Waals surface area contributed by atoms with Crippen LogP contribution in [0.2, 0.25) is 0 Å². The second-order valence-electron chi connectivity index (χ2n) is 2.91. The Balaban J connectivity index is 3.05. The molecular formula is C9H9BrF2O. The largest absolute Gasteiger partial charge is 0.393 e. The van der Waals surface area contributed by atoms with Crippen LogP contribution in [0.4, 0.5) is 8.78 Å². The molecule has 1 atom stereocenters. The molecule has 0 aliphatic carbocycles. The fourth-order valence-electron chi connectivity index (χ4n) is 1.08. The van der Waals surface area contributed by atoms with Gasteiger partial charge >= 0.3 is 0 Å². The van der Waals surface area contributed by atoms with E-state index >= 15 is 0 Å². The van der Waals surface area contributed by atoms with E-state index in [1.807, 2.05) is 0 Å². The third-order valence-electron chi connectivity index (χ3n) is 1.58. The molecule has 0 spiro atoms. The third kappa shape index (κ3) is 2.74. The van der Waals surface area contributed by atoms with Gasteiger partial charge in [0.25, 0.3) is 0 Å². The van der Waals surface area contributed by atoms with Gasteiger partial charge < -0.3 is 5.11 Å². The van der Waals surface area contributed by atoms with Crippen LogP contribution in [0.1, 0.15) is 12.5 Å². The quantitative estimate of drug-likeness (QED) is 0.801. The first-order valence-corrected chi connectivity index (χ1v) is 4.61. The van der Waals surface area contributed by atoms with E-state index < -0.39 is 17.7 Å². The lowest BCUT2D eigenvalue weighted by molar-refractivity contribution is 0.195. The van der Waals surface area contributed by atoms with Crippen molar-refractivity contribution in [3.8, 4) is 0 Å². The standard InChI is InChI=1S/C9H9BrF2O/c1-5(13)2-6-3-7(11)4-8(12)9(6)10/h3-5,13H,2H2,1H3. The summed E-state index contributed by atoms with van der Waals surface area (Å²) in [6.45, 7) is 1.56. The van der Waals surface area contributed by atoms with Crippen LogP contribution in [-0.2, 0) is 6.42 Å². The molecule has 1 N–H and O–H groups in total. The topological polar surface area (TPSA) is 20.2 Å². The minimum absolute atomic E-state index is 0.217. The average molecular weight is 251 g/mol. The minimum Gasteiger partial charge on any atom is -0.393 e. The molecule has 72 valence electrons. The van der Waals surface area contributed by atoms with Gasteiger partial charge in [0.05, 0.1) is 10.6 Å². The van der Waals surface area contributed by atoms with Crippen molar-refractivity contribution in [3.63, 3.8) is 0 Å². The third-order valence-corrected chi connectivity index (χ3v) is 2.47. The zero-order valence-corrected chi connectivity index (χ0v) is 8.61. The molecule has 0 heterocycles. The van der Waals surface area contributed by atoms with E-state index in [1.54, 1.807) is 6.92 Å². The summed E-state index contributed by atoms with van der Waals surface area (Å²) in [6.07, 6.45) is -0.382. The number of aliphatic hydroxyl groups is 1. The van der Waals surface area contributed by atoms with Crippen molar-refractivity contribution in [3.05, 3.63) is 33.8 Å². The molecule has 4 heteroatoms. The Morgan fingerprint density at radius 2 is 2.08 bits per heavy atom. The minimum atomic E-state index is -0.643. The number of rotatable bonds is 2. The Morgan fingerprint density at radius 3 is 2.62 bits per heavy atom. The van der Waals surface area contributed by atoms with Crippen LogP contribution < -0.4 is 0 Å². The zero-order chi connectivity index (χ0) is 10.0. The lowest BCUT2D eigenvalue weighted by atomic mass is 10.1. The van der Waals surface area contributed by atoms with Gasteiger partial charge in [0.1, 0.15) is 11.6 Å². The van der Waals surface area contributed by atoms with Gasteiger partial charge in [-0.3, -0.25) is 0 Å². The molecular weight excluding hydrogens is 242 g/mol. The van der Waals surface area contributed by atoms with E-state index in [4.69, 9.17) is 5.11 Å². The van der Waals surface area contributed by atoms with Crippen LogP contribution in [0.15, 0.2) is 16.6 Å². The van der Waals surface area contributed by atoms with Gasteiger partial charge in [-0.1, -0.05) is 0 Å². The maximum absolute atomic E-state index is 12.9. The fraction of sp³-hybridized carbons (Fsp3) is 0.333. The van der Waals surface area contributed by atoms with Gasteiger partial charge in [-0.25, -0.2) is 8.78 Å². The van der Waals surface area contributed by atoms with Crippen LogP contribution in [-0.4, -0.2) is 11.2 Å². The van der Waals surface area contributed by atoms with Crippen molar-refractivity contribution in [1.82, 2.24) is 0 Å². The molecule has 1 unspecified atom stereocenters. The maximum atomic E-state index is 12.9. The Labute approximate surface area is 83.5 Å². The van der Waals surface area contributed by atoms with Gasteiger partial charge in [0.15, 0.2) is 0 Å². The summed E-state index contributed by atoms with van der Waals surface area (Å²) in [5.74, 6) is -1.27. The van der Waals surface area contributed by atoms with E-state index in [0.29, 0.717) is 5.56 Å². The predicted molar refractivity (Wildman–Crippen MR) is 49.4 cm³/mol. The van der Waals surface area contributed by atoms with Crippen molar-refractivity contribution in [1.29, 1.82) is 0 Å². The number of halogens is 3. The fourth-order valence-corrected chi connectivity index (χ4v) is 1.47. The van der Waals surface area contributed by atoms with E-state index in [2.05, 4.69) is 15.9 Å². The Bertz CT molecular complexity index is 313. The molecule has 1 aromatic rings. The van der Waals surface area contributed by atoms with Crippen LogP contribution in [0.3, 0.4) is 0 Å². The molecule has 0 aromatic heterocycles. The first-order chi connectivity index (χ1) is 6.00. The van der Waals surface area contributed by atoms with E-state index in [0.717, 1.165) is 6.07 Å². The van der Waals surface area contributed by atoms with Crippen LogP contribution in [0.25, 0.3) is 0 Å². The highest BCUT2D eigenvalue weighted by Gasteiger charge is 2.10. The molecule has 13 heavy (non-hydrogen) atoms. The summed E-state index contributed by atoms with van der Waals surface area (Å²) in [6, 6.07) is 2.01. The summed E-state index contributed by atoms with van der Waals surface area (Å²) in [4.78, 5) is 0. The first-order valence-electron chi connectivity index (χ1n) is 3.82. The van der Waals surface area contributed by atoms with E-state index in [1.165, 1.54) is 6.07 Å². The number of hydrogen-bond donors (Lipinski definition) is 1. The lowest BCUT2D eigenvalue weighted by Crippen LogP contribution is -2.05. The molecule has 0 saturated carbocycles. The molecule has 1 nitrogen and oxygen atoms in total. The molecule has 1 rings (SSSR count). The van der Waals surface area contributed by atoms with E-state index in [-0.39, 0.29) is 10.9 Å². The van der Waals surface area contributed by atoms with Crippen molar-refractivity contribution in [2.45, 2.75) is 19.4 Å². The molecule has 0 fully saturated rings. The molecule has 0 bridgehead atoms. The monoisotopic (exact) mass is 250 g/mol. The highest BCUT2D eigenvalue weighted by atomic mass is 79.9.